The molecule has 0 amide bonds. The Morgan fingerprint density at radius 1 is 1.37 bits per heavy atom. The summed E-state index contributed by atoms with van der Waals surface area (Å²) in [5, 5.41) is 12.1. The molecule has 0 aliphatic carbocycles. The van der Waals surface area contributed by atoms with Crippen LogP contribution in [0.25, 0.3) is 0 Å². The first-order chi connectivity index (χ1) is 8.97. The van der Waals surface area contributed by atoms with Gasteiger partial charge in [0.25, 0.3) is 0 Å². The van der Waals surface area contributed by atoms with Crippen molar-refractivity contribution < 1.29 is 14.3 Å². The Balaban J connectivity index is 2.10. The highest BCUT2D eigenvalue weighted by molar-refractivity contribution is 9.11. The van der Waals surface area contributed by atoms with Crippen LogP contribution in [0.1, 0.15) is 21.9 Å². The largest absolute Gasteiger partial charge is 0.475 e. The summed E-state index contributed by atoms with van der Waals surface area (Å²) in [5.74, 6) is -0.468. The molecule has 0 atom stereocenters. The number of carboxylic acid groups (broad SMARTS) is 1. The minimum Gasteiger partial charge on any atom is -0.475 e. The zero-order valence-electron chi connectivity index (χ0n) is 10.0. The van der Waals surface area contributed by atoms with Crippen molar-refractivity contribution in [3.05, 3.63) is 50.3 Å². The molecular weight excluding hydrogens is 378 g/mol. The predicted molar refractivity (Wildman–Crippen MR) is 79.6 cm³/mol. The number of carbonyl (C=O) groups is 1. The standard InChI is InChI=1S/C13H11Br2NO3/c1-7-4-9(19-12(7)13(17)18)6-16-11-3-2-8(14)5-10(11)15/h2-5,16H,6H2,1H3,(H,17,18). The molecule has 0 saturated heterocycles. The van der Waals surface area contributed by atoms with Crippen LogP contribution in [-0.4, -0.2) is 11.1 Å². The Bertz CT molecular complexity index is 622. The van der Waals surface area contributed by atoms with Gasteiger partial charge in [-0.2, -0.15) is 0 Å². The van der Waals surface area contributed by atoms with Crippen LogP contribution >= 0.6 is 31.9 Å². The fourth-order valence-electron chi connectivity index (χ4n) is 1.66. The summed E-state index contributed by atoms with van der Waals surface area (Å²) in [5.41, 5.74) is 1.54. The summed E-state index contributed by atoms with van der Waals surface area (Å²) in [6.07, 6.45) is 0. The first kappa shape index (κ1) is 14.1. The van der Waals surface area contributed by atoms with Gasteiger partial charge in [0, 0.05) is 20.2 Å². The predicted octanol–water partition coefficient (Wildman–Crippen LogP) is 4.42. The van der Waals surface area contributed by atoms with Crippen LogP contribution in [0, 0.1) is 6.92 Å². The molecular formula is C13H11Br2NO3. The number of hydrogen-bond acceptors (Lipinski definition) is 3. The lowest BCUT2D eigenvalue weighted by Gasteiger charge is -2.07. The molecule has 4 nitrogen and oxygen atoms in total. The van der Waals surface area contributed by atoms with E-state index >= 15 is 0 Å². The maximum Gasteiger partial charge on any atom is 0.372 e. The number of nitrogens with one attached hydrogen (secondary N) is 1. The highest BCUT2D eigenvalue weighted by atomic mass is 79.9. The molecule has 0 aliphatic rings. The molecule has 0 radical (unpaired) electrons. The normalized spacial score (nSPS) is 10.5. The molecule has 1 aromatic carbocycles. The van der Waals surface area contributed by atoms with E-state index in [1.165, 1.54) is 0 Å². The number of halogens is 2. The zero-order chi connectivity index (χ0) is 14.0. The van der Waals surface area contributed by atoms with Gasteiger partial charge in [-0.15, -0.1) is 0 Å². The van der Waals surface area contributed by atoms with E-state index in [-0.39, 0.29) is 5.76 Å². The van der Waals surface area contributed by atoms with Crippen molar-refractivity contribution in [1.82, 2.24) is 0 Å². The molecule has 1 heterocycles. The van der Waals surface area contributed by atoms with Crippen LogP contribution < -0.4 is 5.32 Å². The Hall–Kier alpha value is -1.27. The summed E-state index contributed by atoms with van der Waals surface area (Å²) in [6, 6.07) is 7.49. The molecule has 0 aliphatic heterocycles. The lowest BCUT2D eigenvalue weighted by molar-refractivity contribution is 0.0659. The average Bonchev–Trinajstić information content (AvgIpc) is 2.69. The molecule has 0 saturated carbocycles. The van der Waals surface area contributed by atoms with Crippen molar-refractivity contribution in [1.29, 1.82) is 0 Å². The van der Waals surface area contributed by atoms with Gasteiger partial charge in [0.2, 0.25) is 5.76 Å². The number of benzene rings is 1. The zero-order valence-corrected chi connectivity index (χ0v) is 13.2. The Morgan fingerprint density at radius 2 is 2.11 bits per heavy atom. The summed E-state index contributed by atoms with van der Waals surface area (Å²) >= 11 is 6.83. The van der Waals surface area contributed by atoms with Gasteiger partial charge in [-0.3, -0.25) is 0 Å². The Kier molecular flexibility index (Phi) is 4.31. The van der Waals surface area contributed by atoms with Gasteiger partial charge in [-0.25, -0.2) is 4.79 Å². The fraction of sp³-hybridized carbons (Fsp3) is 0.154. The topological polar surface area (TPSA) is 62.5 Å². The van der Waals surface area contributed by atoms with Crippen molar-refractivity contribution in [3.8, 4) is 0 Å². The van der Waals surface area contributed by atoms with E-state index in [1.807, 2.05) is 18.2 Å². The number of aryl methyl sites for hydroxylation is 1. The highest BCUT2D eigenvalue weighted by Gasteiger charge is 2.14. The highest BCUT2D eigenvalue weighted by Crippen LogP contribution is 2.27. The Morgan fingerprint density at radius 3 is 2.68 bits per heavy atom. The molecule has 2 aromatic rings. The van der Waals surface area contributed by atoms with Crippen molar-refractivity contribution in [2.45, 2.75) is 13.5 Å². The summed E-state index contributed by atoms with van der Waals surface area (Å²) in [7, 11) is 0. The molecule has 0 bridgehead atoms. The van der Waals surface area contributed by atoms with E-state index < -0.39 is 5.97 Å². The molecule has 0 fully saturated rings. The summed E-state index contributed by atoms with van der Waals surface area (Å²) in [4.78, 5) is 10.9. The van der Waals surface area contributed by atoms with Crippen LogP contribution in [-0.2, 0) is 6.54 Å². The second-order valence-corrected chi connectivity index (χ2v) is 5.78. The van der Waals surface area contributed by atoms with E-state index in [2.05, 4.69) is 37.2 Å². The van der Waals surface area contributed by atoms with Gasteiger partial charge in [0.05, 0.1) is 6.54 Å². The third kappa shape index (κ3) is 3.39. The van der Waals surface area contributed by atoms with Crippen LogP contribution in [0.5, 0.6) is 0 Å². The Labute approximate surface area is 127 Å². The van der Waals surface area contributed by atoms with E-state index in [0.717, 1.165) is 14.6 Å². The molecule has 0 unspecified atom stereocenters. The van der Waals surface area contributed by atoms with Gasteiger partial charge in [-0.05, 0) is 47.1 Å². The molecule has 2 N–H and O–H groups in total. The number of anilines is 1. The van der Waals surface area contributed by atoms with Crippen molar-refractivity contribution in [2.24, 2.45) is 0 Å². The number of carboxylic acids is 1. The minimum atomic E-state index is -1.05. The summed E-state index contributed by atoms with van der Waals surface area (Å²) < 4.78 is 7.17. The third-order valence-corrected chi connectivity index (χ3v) is 3.70. The first-order valence-corrected chi connectivity index (χ1v) is 7.07. The van der Waals surface area contributed by atoms with E-state index in [4.69, 9.17) is 9.52 Å². The second kappa shape index (κ2) is 5.79. The smallest absolute Gasteiger partial charge is 0.372 e. The average molecular weight is 389 g/mol. The van der Waals surface area contributed by atoms with E-state index in [9.17, 15) is 4.79 Å². The van der Waals surface area contributed by atoms with Gasteiger partial charge in [-0.1, -0.05) is 15.9 Å². The molecule has 6 heteroatoms. The molecule has 2 rings (SSSR count). The van der Waals surface area contributed by atoms with Crippen LogP contribution in [0.15, 0.2) is 37.6 Å². The second-order valence-electron chi connectivity index (χ2n) is 4.01. The quantitative estimate of drug-likeness (QED) is 0.813. The fourth-order valence-corrected chi connectivity index (χ4v) is 2.85. The van der Waals surface area contributed by atoms with Gasteiger partial charge in [0.15, 0.2) is 0 Å². The SMILES string of the molecule is Cc1cc(CNc2ccc(Br)cc2Br)oc1C(=O)O. The van der Waals surface area contributed by atoms with Gasteiger partial charge in [0.1, 0.15) is 5.76 Å². The first-order valence-electron chi connectivity index (χ1n) is 5.49. The molecule has 1 aromatic heterocycles. The van der Waals surface area contributed by atoms with E-state index in [1.54, 1.807) is 13.0 Å². The van der Waals surface area contributed by atoms with Gasteiger partial charge < -0.3 is 14.8 Å². The van der Waals surface area contributed by atoms with E-state index in [0.29, 0.717) is 17.9 Å². The number of rotatable bonds is 4. The van der Waals surface area contributed by atoms with Crippen molar-refractivity contribution >= 4 is 43.5 Å². The monoisotopic (exact) mass is 387 g/mol. The van der Waals surface area contributed by atoms with Gasteiger partial charge >= 0.3 is 5.97 Å². The molecule has 100 valence electrons. The number of hydrogen-bond donors (Lipinski definition) is 2. The van der Waals surface area contributed by atoms with Crippen LogP contribution in [0.2, 0.25) is 0 Å². The maximum absolute atomic E-state index is 10.9. The third-order valence-electron chi connectivity index (χ3n) is 2.55. The van der Waals surface area contributed by atoms with Crippen LogP contribution in [0.4, 0.5) is 5.69 Å². The lowest BCUT2D eigenvalue weighted by Crippen LogP contribution is -1.99. The molecule has 0 spiro atoms. The maximum atomic E-state index is 10.9. The lowest BCUT2D eigenvalue weighted by atomic mass is 10.2. The van der Waals surface area contributed by atoms with Crippen molar-refractivity contribution in [2.75, 3.05) is 5.32 Å². The molecule has 19 heavy (non-hydrogen) atoms. The number of furan rings is 1. The summed E-state index contributed by atoms with van der Waals surface area (Å²) in [6.45, 7) is 2.14. The minimum absolute atomic E-state index is 0.00771. The number of aromatic carboxylic acids is 1. The van der Waals surface area contributed by atoms with Crippen molar-refractivity contribution in [3.63, 3.8) is 0 Å². The van der Waals surface area contributed by atoms with Crippen LogP contribution in [0.3, 0.4) is 0 Å².